The maximum atomic E-state index is 12.4. The minimum atomic E-state index is -0.978. The van der Waals surface area contributed by atoms with Crippen molar-refractivity contribution in [2.75, 3.05) is 26.4 Å². The predicted molar refractivity (Wildman–Crippen MR) is 102 cm³/mol. The maximum Gasteiger partial charge on any atom is 0.309 e. The fraction of sp³-hybridized carbons (Fsp3) is 0.850. The quantitative estimate of drug-likeness (QED) is 0.314. The molecule has 1 aliphatic rings. The number of hydrogen-bond donors (Lipinski definition) is 3. The van der Waals surface area contributed by atoms with Crippen molar-refractivity contribution < 1.29 is 34.1 Å². The number of carbonyl (C=O) groups excluding carboxylic acids is 2. The van der Waals surface area contributed by atoms with Crippen LogP contribution in [0.4, 0.5) is 0 Å². The van der Waals surface area contributed by atoms with E-state index in [0.717, 1.165) is 25.7 Å². The maximum absolute atomic E-state index is 12.4. The first-order valence-corrected chi connectivity index (χ1v) is 10.2. The largest absolute Gasteiger partial charge is 0.481 e. The van der Waals surface area contributed by atoms with Crippen LogP contribution < -0.4 is 5.73 Å². The van der Waals surface area contributed by atoms with Gasteiger partial charge in [-0.3, -0.25) is 14.4 Å². The summed E-state index contributed by atoms with van der Waals surface area (Å²) in [4.78, 5) is 35.7. The Kier molecular flexibility index (Phi) is 11.1. The molecule has 8 heteroatoms. The molecule has 8 nitrogen and oxygen atoms in total. The zero-order chi connectivity index (χ0) is 21.0. The lowest BCUT2D eigenvalue weighted by Gasteiger charge is -2.32. The van der Waals surface area contributed by atoms with Crippen LogP contribution in [0.5, 0.6) is 0 Å². The van der Waals surface area contributed by atoms with Gasteiger partial charge in [-0.2, -0.15) is 0 Å². The van der Waals surface area contributed by atoms with Crippen LogP contribution >= 0.6 is 0 Å². The summed E-state index contributed by atoms with van der Waals surface area (Å²) in [6.45, 7) is 1.95. The highest BCUT2D eigenvalue weighted by Crippen LogP contribution is 2.32. The van der Waals surface area contributed by atoms with Gasteiger partial charge in [-0.25, -0.2) is 0 Å². The van der Waals surface area contributed by atoms with Gasteiger partial charge in [-0.1, -0.05) is 26.2 Å². The third kappa shape index (κ3) is 7.75. The number of ether oxygens (including phenoxy) is 2. The van der Waals surface area contributed by atoms with E-state index >= 15 is 0 Å². The number of aliphatic carboxylic acids is 1. The highest BCUT2D eigenvalue weighted by molar-refractivity contribution is 5.81. The number of aliphatic hydroxyl groups is 1. The first-order valence-electron chi connectivity index (χ1n) is 10.2. The molecular weight excluding hydrogens is 366 g/mol. The molecular formula is C20H35NO7. The smallest absolute Gasteiger partial charge is 0.309 e. The molecule has 28 heavy (non-hydrogen) atoms. The van der Waals surface area contributed by atoms with E-state index in [9.17, 15) is 24.6 Å². The minimum Gasteiger partial charge on any atom is -0.481 e. The molecule has 4 N–H and O–H groups in total. The summed E-state index contributed by atoms with van der Waals surface area (Å²) in [6.07, 6.45) is 5.69. The van der Waals surface area contributed by atoms with Gasteiger partial charge in [0.2, 0.25) is 0 Å². The van der Waals surface area contributed by atoms with Gasteiger partial charge in [0.15, 0.2) is 0 Å². The molecule has 0 heterocycles. The summed E-state index contributed by atoms with van der Waals surface area (Å²) in [5.74, 6) is -3.27. The van der Waals surface area contributed by atoms with Crippen LogP contribution in [0.25, 0.3) is 0 Å². The topological polar surface area (TPSA) is 136 Å². The number of nitrogens with two attached hydrogens (primary N) is 1. The fourth-order valence-corrected chi connectivity index (χ4v) is 3.38. The molecule has 0 aromatic rings. The zero-order valence-corrected chi connectivity index (χ0v) is 16.9. The van der Waals surface area contributed by atoms with Gasteiger partial charge in [0.1, 0.15) is 13.2 Å². The van der Waals surface area contributed by atoms with E-state index in [2.05, 4.69) is 0 Å². The average Bonchev–Trinajstić information content (AvgIpc) is 2.71. The molecule has 162 valence electrons. The summed E-state index contributed by atoms with van der Waals surface area (Å²) in [5.41, 5.74) is 4.54. The Hall–Kier alpha value is -1.67. The molecule has 1 saturated carbocycles. The number of unbranched alkanes of at least 4 members (excludes halogenated alkanes) is 2. The first kappa shape index (κ1) is 24.4. The van der Waals surface area contributed by atoms with Crippen LogP contribution in [0.15, 0.2) is 0 Å². The van der Waals surface area contributed by atoms with E-state index in [1.54, 1.807) is 0 Å². The van der Waals surface area contributed by atoms with E-state index in [1.165, 1.54) is 0 Å². The SMILES string of the molecule is CCC(CO)(COC(=O)CCCCCN)COC(=O)C1CCCCC1C(=O)O. The summed E-state index contributed by atoms with van der Waals surface area (Å²) >= 11 is 0. The molecule has 0 bridgehead atoms. The van der Waals surface area contributed by atoms with Crippen LogP contribution in [0.1, 0.15) is 64.7 Å². The van der Waals surface area contributed by atoms with Crippen molar-refractivity contribution in [1.29, 1.82) is 0 Å². The molecule has 0 spiro atoms. The van der Waals surface area contributed by atoms with Crippen molar-refractivity contribution >= 4 is 17.9 Å². The third-order valence-electron chi connectivity index (χ3n) is 5.62. The number of esters is 2. The van der Waals surface area contributed by atoms with E-state index in [4.69, 9.17) is 15.2 Å². The van der Waals surface area contributed by atoms with Crippen molar-refractivity contribution in [2.45, 2.75) is 64.7 Å². The number of rotatable bonds is 13. The number of carbonyl (C=O) groups is 3. The van der Waals surface area contributed by atoms with E-state index in [0.29, 0.717) is 32.2 Å². The van der Waals surface area contributed by atoms with E-state index in [-0.39, 0.29) is 32.2 Å². The number of carboxylic acids is 1. The van der Waals surface area contributed by atoms with Gasteiger partial charge < -0.3 is 25.4 Å². The van der Waals surface area contributed by atoms with Crippen LogP contribution in [0.3, 0.4) is 0 Å². The number of carboxylic acid groups (broad SMARTS) is 1. The lowest BCUT2D eigenvalue weighted by Crippen LogP contribution is -2.40. The molecule has 1 aliphatic carbocycles. The van der Waals surface area contributed by atoms with Gasteiger partial charge in [0, 0.05) is 6.42 Å². The normalized spacial score (nSPS) is 21.5. The third-order valence-corrected chi connectivity index (χ3v) is 5.62. The van der Waals surface area contributed by atoms with Crippen molar-refractivity contribution in [2.24, 2.45) is 23.0 Å². The summed E-state index contributed by atoms with van der Waals surface area (Å²) in [7, 11) is 0. The Balaban J connectivity index is 2.54. The lowest BCUT2D eigenvalue weighted by atomic mass is 9.79. The Morgan fingerprint density at radius 3 is 2.25 bits per heavy atom. The molecule has 1 rings (SSSR count). The van der Waals surface area contributed by atoms with Gasteiger partial charge >= 0.3 is 17.9 Å². The molecule has 0 aromatic heterocycles. The standard InChI is InChI=1S/C20H35NO7/c1-2-20(12-22,13-27-17(23)10-4-3-7-11-21)14-28-19(26)16-9-6-5-8-15(16)18(24)25/h15-16,22H,2-14,21H2,1H3,(H,24,25). The second-order valence-electron chi connectivity index (χ2n) is 7.72. The number of hydrogen-bond acceptors (Lipinski definition) is 7. The zero-order valence-electron chi connectivity index (χ0n) is 16.9. The monoisotopic (exact) mass is 401 g/mol. The van der Waals surface area contributed by atoms with E-state index < -0.39 is 29.2 Å². The molecule has 0 aliphatic heterocycles. The highest BCUT2D eigenvalue weighted by atomic mass is 16.5. The van der Waals surface area contributed by atoms with E-state index in [1.807, 2.05) is 6.92 Å². The van der Waals surface area contributed by atoms with Crippen LogP contribution in [-0.4, -0.2) is 54.5 Å². The Morgan fingerprint density at radius 1 is 1.04 bits per heavy atom. The number of aliphatic hydroxyl groups excluding tert-OH is 1. The fourth-order valence-electron chi connectivity index (χ4n) is 3.38. The van der Waals surface area contributed by atoms with Gasteiger partial charge in [-0.05, 0) is 38.6 Å². The molecule has 0 saturated heterocycles. The van der Waals surface area contributed by atoms with Crippen LogP contribution in [0, 0.1) is 17.3 Å². The minimum absolute atomic E-state index is 0.0456. The van der Waals surface area contributed by atoms with Crippen molar-refractivity contribution in [3.05, 3.63) is 0 Å². The molecule has 1 fully saturated rings. The molecule has 0 radical (unpaired) electrons. The second kappa shape index (κ2) is 12.7. The molecule has 3 unspecified atom stereocenters. The summed E-state index contributed by atoms with van der Waals surface area (Å²) in [5, 5.41) is 19.1. The molecule has 0 amide bonds. The van der Waals surface area contributed by atoms with Gasteiger partial charge in [0.25, 0.3) is 0 Å². The average molecular weight is 402 g/mol. The van der Waals surface area contributed by atoms with Crippen molar-refractivity contribution in [3.8, 4) is 0 Å². The summed E-state index contributed by atoms with van der Waals surface area (Å²) in [6, 6.07) is 0. The van der Waals surface area contributed by atoms with Crippen molar-refractivity contribution in [1.82, 2.24) is 0 Å². The van der Waals surface area contributed by atoms with Gasteiger partial charge in [-0.15, -0.1) is 0 Å². The summed E-state index contributed by atoms with van der Waals surface area (Å²) < 4.78 is 10.7. The molecule has 0 aromatic carbocycles. The lowest BCUT2D eigenvalue weighted by molar-refractivity contribution is -0.166. The first-order chi connectivity index (χ1) is 13.4. The second-order valence-corrected chi connectivity index (χ2v) is 7.72. The highest BCUT2D eigenvalue weighted by Gasteiger charge is 2.38. The van der Waals surface area contributed by atoms with Crippen molar-refractivity contribution in [3.63, 3.8) is 0 Å². The Bertz CT molecular complexity index is 505. The van der Waals surface area contributed by atoms with Crippen LogP contribution in [0.2, 0.25) is 0 Å². The van der Waals surface area contributed by atoms with Crippen LogP contribution in [-0.2, 0) is 23.9 Å². The Morgan fingerprint density at radius 2 is 1.68 bits per heavy atom. The molecule has 3 atom stereocenters. The predicted octanol–water partition coefficient (Wildman–Crippen LogP) is 1.87. The van der Waals surface area contributed by atoms with Gasteiger partial charge in [0.05, 0.1) is 23.9 Å². The Labute approximate surface area is 166 Å².